The smallest absolute Gasteiger partial charge is 0.123 e. The Hall–Kier alpha value is -1.26. The molecule has 0 aliphatic heterocycles. The van der Waals surface area contributed by atoms with E-state index < -0.39 is 0 Å². The first-order valence-electron chi connectivity index (χ1n) is 7.83. The molecule has 0 bridgehead atoms. The summed E-state index contributed by atoms with van der Waals surface area (Å²) in [5.74, 6) is 1.65. The molecule has 1 aliphatic rings. The molecule has 0 aromatic heterocycles. The molecule has 1 saturated carbocycles. The third kappa shape index (κ3) is 4.11. The molecule has 2 N–H and O–H groups in total. The van der Waals surface area contributed by atoms with E-state index >= 15 is 0 Å². The Morgan fingerprint density at radius 1 is 1.19 bits per heavy atom. The Balaban J connectivity index is 2.06. The van der Waals surface area contributed by atoms with Gasteiger partial charge in [-0.05, 0) is 38.1 Å². The van der Waals surface area contributed by atoms with Crippen molar-refractivity contribution in [1.82, 2.24) is 4.90 Å². The van der Waals surface area contributed by atoms with Gasteiger partial charge in [-0.15, -0.1) is 0 Å². The molecular weight excluding hydrogens is 264 g/mol. The molecular formula is C17H28N2O2. The van der Waals surface area contributed by atoms with Crippen molar-refractivity contribution in [3.8, 4) is 11.5 Å². The minimum atomic E-state index is -0.0676. The van der Waals surface area contributed by atoms with Crippen molar-refractivity contribution >= 4 is 0 Å². The number of rotatable bonds is 6. The Kier molecular flexibility index (Phi) is 5.88. The van der Waals surface area contributed by atoms with Crippen LogP contribution in [0.15, 0.2) is 18.2 Å². The first kappa shape index (κ1) is 16.1. The monoisotopic (exact) mass is 292 g/mol. The highest BCUT2D eigenvalue weighted by atomic mass is 16.5. The summed E-state index contributed by atoms with van der Waals surface area (Å²) in [7, 11) is 5.54. The fraction of sp³-hybridized carbons (Fsp3) is 0.647. The summed E-state index contributed by atoms with van der Waals surface area (Å²) in [5.41, 5.74) is 7.44. The first-order chi connectivity index (χ1) is 10.2. The van der Waals surface area contributed by atoms with Crippen LogP contribution in [0.1, 0.15) is 43.7 Å². The maximum atomic E-state index is 6.43. The van der Waals surface area contributed by atoms with Gasteiger partial charge >= 0.3 is 0 Å². The molecule has 1 aromatic carbocycles. The van der Waals surface area contributed by atoms with Gasteiger partial charge in [-0.25, -0.2) is 0 Å². The minimum absolute atomic E-state index is 0.0676. The van der Waals surface area contributed by atoms with E-state index in [0.29, 0.717) is 6.04 Å². The number of benzene rings is 1. The van der Waals surface area contributed by atoms with Crippen LogP contribution in [0, 0.1) is 0 Å². The molecule has 0 spiro atoms. The number of hydrogen-bond donors (Lipinski definition) is 1. The van der Waals surface area contributed by atoms with E-state index in [2.05, 4.69) is 11.9 Å². The molecule has 4 heteroatoms. The largest absolute Gasteiger partial charge is 0.497 e. The Morgan fingerprint density at radius 2 is 1.90 bits per heavy atom. The molecule has 1 aromatic rings. The van der Waals surface area contributed by atoms with Gasteiger partial charge in [0.25, 0.3) is 0 Å². The van der Waals surface area contributed by atoms with E-state index in [0.717, 1.165) is 23.6 Å². The third-order valence-electron chi connectivity index (χ3n) is 4.52. The second kappa shape index (κ2) is 7.66. The van der Waals surface area contributed by atoms with E-state index in [-0.39, 0.29) is 6.04 Å². The quantitative estimate of drug-likeness (QED) is 0.875. The van der Waals surface area contributed by atoms with Crippen LogP contribution in [0.5, 0.6) is 11.5 Å². The molecule has 118 valence electrons. The van der Waals surface area contributed by atoms with Crippen LogP contribution in [0.4, 0.5) is 0 Å². The van der Waals surface area contributed by atoms with E-state index in [1.807, 2.05) is 18.2 Å². The van der Waals surface area contributed by atoms with Crippen molar-refractivity contribution in [1.29, 1.82) is 0 Å². The highest BCUT2D eigenvalue weighted by molar-refractivity contribution is 5.42. The number of nitrogens with two attached hydrogens (primary N) is 1. The van der Waals surface area contributed by atoms with Crippen LogP contribution in [-0.2, 0) is 0 Å². The molecule has 1 atom stereocenters. The SMILES string of the molecule is COc1ccc(OC)c(C(N)CN(C)C2CCCCC2)c1. The van der Waals surface area contributed by atoms with Crippen molar-refractivity contribution < 1.29 is 9.47 Å². The predicted octanol–water partition coefficient (Wildman–Crippen LogP) is 2.97. The standard InChI is InChI=1S/C17H28N2O2/c1-19(13-7-5-4-6-8-13)12-16(18)15-11-14(20-2)9-10-17(15)21-3/h9-11,13,16H,4-8,12,18H2,1-3H3. The molecule has 2 rings (SSSR count). The molecule has 0 saturated heterocycles. The second-order valence-corrected chi connectivity index (χ2v) is 5.95. The van der Waals surface area contributed by atoms with Crippen LogP contribution >= 0.6 is 0 Å². The first-order valence-corrected chi connectivity index (χ1v) is 7.83. The lowest BCUT2D eigenvalue weighted by atomic mass is 9.94. The number of methoxy groups -OCH3 is 2. The van der Waals surface area contributed by atoms with Gasteiger partial charge in [-0.3, -0.25) is 0 Å². The Labute approximate surface area is 128 Å². The number of likely N-dealkylation sites (N-methyl/N-ethyl adjacent to an activating group) is 1. The summed E-state index contributed by atoms with van der Waals surface area (Å²) in [6.07, 6.45) is 6.64. The number of ether oxygens (including phenoxy) is 2. The zero-order valence-corrected chi connectivity index (χ0v) is 13.5. The zero-order chi connectivity index (χ0) is 15.2. The maximum absolute atomic E-state index is 6.43. The highest BCUT2D eigenvalue weighted by Crippen LogP contribution is 2.30. The van der Waals surface area contributed by atoms with Crippen molar-refractivity contribution in [3.05, 3.63) is 23.8 Å². The lowest BCUT2D eigenvalue weighted by Gasteiger charge is -2.33. The van der Waals surface area contributed by atoms with Gasteiger partial charge in [0.05, 0.1) is 14.2 Å². The number of nitrogens with zero attached hydrogens (tertiary/aromatic N) is 1. The van der Waals surface area contributed by atoms with Gasteiger partial charge in [-0.2, -0.15) is 0 Å². The summed E-state index contributed by atoms with van der Waals surface area (Å²) in [4.78, 5) is 2.41. The lowest BCUT2D eigenvalue weighted by molar-refractivity contribution is 0.181. The highest BCUT2D eigenvalue weighted by Gasteiger charge is 2.21. The predicted molar refractivity (Wildman–Crippen MR) is 86.0 cm³/mol. The summed E-state index contributed by atoms with van der Waals surface area (Å²) >= 11 is 0. The Morgan fingerprint density at radius 3 is 2.52 bits per heavy atom. The summed E-state index contributed by atoms with van der Waals surface area (Å²) < 4.78 is 10.7. The topological polar surface area (TPSA) is 47.7 Å². The van der Waals surface area contributed by atoms with E-state index in [9.17, 15) is 0 Å². The van der Waals surface area contributed by atoms with Crippen LogP contribution in [0.25, 0.3) is 0 Å². The average molecular weight is 292 g/mol. The van der Waals surface area contributed by atoms with Crippen molar-refractivity contribution in [2.75, 3.05) is 27.8 Å². The normalized spacial score (nSPS) is 17.8. The van der Waals surface area contributed by atoms with E-state index in [4.69, 9.17) is 15.2 Å². The van der Waals surface area contributed by atoms with E-state index in [1.54, 1.807) is 14.2 Å². The summed E-state index contributed by atoms with van der Waals surface area (Å²) in [5, 5.41) is 0. The van der Waals surface area contributed by atoms with Gasteiger partial charge in [0.15, 0.2) is 0 Å². The molecule has 0 radical (unpaired) electrons. The fourth-order valence-electron chi connectivity index (χ4n) is 3.21. The van der Waals surface area contributed by atoms with Crippen LogP contribution in [-0.4, -0.2) is 38.8 Å². The van der Waals surface area contributed by atoms with Crippen LogP contribution in [0.3, 0.4) is 0 Å². The lowest BCUT2D eigenvalue weighted by Crippen LogP contribution is -2.38. The van der Waals surface area contributed by atoms with Crippen molar-refractivity contribution in [3.63, 3.8) is 0 Å². The molecule has 0 heterocycles. The third-order valence-corrected chi connectivity index (χ3v) is 4.52. The molecule has 1 unspecified atom stereocenters. The molecule has 4 nitrogen and oxygen atoms in total. The van der Waals surface area contributed by atoms with Gasteiger partial charge in [0.2, 0.25) is 0 Å². The van der Waals surface area contributed by atoms with Gasteiger partial charge in [-0.1, -0.05) is 19.3 Å². The molecule has 1 fully saturated rings. The fourth-order valence-corrected chi connectivity index (χ4v) is 3.21. The summed E-state index contributed by atoms with van der Waals surface area (Å²) in [6.45, 7) is 0.841. The van der Waals surface area contributed by atoms with Crippen LogP contribution in [0.2, 0.25) is 0 Å². The molecule has 21 heavy (non-hydrogen) atoms. The average Bonchev–Trinajstić information content (AvgIpc) is 2.54. The number of hydrogen-bond acceptors (Lipinski definition) is 4. The van der Waals surface area contributed by atoms with Crippen molar-refractivity contribution in [2.24, 2.45) is 5.73 Å². The van der Waals surface area contributed by atoms with Gasteiger partial charge < -0.3 is 20.1 Å². The van der Waals surface area contributed by atoms with Crippen molar-refractivity contribution in [2.45, 2.75) is 44.2 Å². The van der Waals surface area contributed by atoms with Crippen LogP contribution < -0.4 is 15.2 Å². The zero-order valence-electron chi connectivity index (χ0n) is 13.5. The van der Waals surface area contributed by atoms with E-state index in [1.165, 1.54) is 32.1 Å². The Bertz CT molecular complexity index is 444. The van der Waals surface area contributed by atoms with Gasteiger partial charge in [0, 0.05) is 24.2 Å². The second-order valence-electron chi connectivity index (χ2n) is 5.95. The molecule has 0 amide bonds. The van der Waals surface area contributed by atoms with Gasteiger partial charge in [0.1, 0.15) is 11.5 Å². The minimum Gasteiger partial charge on any atom is -0.497 e. The maximum Gasteiger partial charge on any atom is 0.123 e. The molecule has 1 aliphatic carbocycles. The summed E-state index contributed by atoms with van der Waals surface area (Å²) in [6, 6.07) is 6.41.